The summed E-state index contributed by atoms with van der Waals surface area (Å²) in [6.45, 7) is 2.55. The number of hydrogen-bond donors (Lipinski definition) is 1. The lowest BCUT2D eigenvalue weighted by atomic mass is 10.1. The molecule has 4 rings (SSSR count). The number of hydrogen-bond acceptors (Lipinski definition) is 5. The zero-order valence-corrected chi connectivity index (χ0v) is 17.3. The van der Waals surface area contributed by atoms with Crippen LogP contribution in [0.2, 0.25) is 0 Å². The number of carbonyl (C=O) groups excluding carboxylic acids is 2. The van der Waals surface area contributed by atoms with Crippen molar-refractivity contribution >= 4 is 32.7 Å². The van der Waals surface area contributed by atoms with Crippen LogP contribution in [0.15, 0.2) is 59.6 Å². The molecule has 2 aromatic carbocycles. The maximum atomic E-state index is 12.7. The smallest absolute Gasteiger partial charge is 0.338 e. The molecule has 3 aromatic rings. The van der Waals surface area contributed by atoms with Crippen molar-refractivity contribution in [1.29, 1.82) is 0 Å². The molecular weight excluding hydrogens is 404 g/mol. The first-order chi connectivity index (χ1) is 14.4. The number of rotatable bonds is 6. The van der Waals surface area contributed by atoms with E-state index in [4.69, 9.17) is 4.74 Å². The zero-order valence-electron chi connectivity index (χ0n) is 16.5. The maximum absolute atomic E-state index is 12.7. The molecule has 7 nitrogen and oxygen atoms in total. The average Bonchev–Trinajstić information content (AvgIpc) is 3.44. The summed E-state index contributed by atoms with van der Waals surface area (Å²) in [5.41, 5.74) is 1.47. The highest BCUT2D eigenvalue weighted by molar-refractivity contribution is 7.89. The molecule has 1 N–H and O–H groups in total. The number of H-pyrrole nitrogens is 1. The number of ketones is 1. The third-order valence-electron chi connectivity index (χ3n) is 5.30. The van der Waals surface area contributed by atoms with E-state index in [0.29, 0.717) is 18.7 Å². The van der Waals surface area contributed by atoms with Crippen molar-refractivity contribution in [3.05, 3.63) is 65.9 Å². The summed E-state index contributed by atoms with van der Waals surface area (Å²) in [7, 11) is -3.54. The lowest BCUT2D eigenvalue weighted by Gasteiger charge is -2.16. The third-order valence-corrected chi connectivity index (χ3v) is 7.21. The van der Waals surface area contributed by atoms with Crippen molar-refractivity contribution in [3.63, 3.8) is 0 Å². The number of sulfonamides is 1. The van der Waals surface area contributed by atoms with E-state index in [0.717, 1.165) is 23.7 Å². The van der Waals surface area contributed by atoms with E-state index in [1.54, 1.807) is 6.20 Å². The van der Waals surface area contributed by atoms with Crippen LogP contribution in [0.1, 0.15) is 40.5 Å². The summed E-state index contributed by atoms with van der Waals surface area (Å²) in [5, 5.41) is 0.766. The zero-order chi connectivity index (χ0) is 21.3. The molecular formula is C22H22N2O5S. The monoisotopic (exact) mass is 426 g/mol. The molecule has 1 atom stereocenters. The fourth-order valence-electron chi connectivity index (χ4n) is 3.62. The highest BCUT2D eigenvalue weighted by Crippen LogP contribution is 2.22. The minimum Gasteiger partial charge on any atom is -0.451 e. The normalized spacial score (nSPS) is 15.9. The summed E-state index contributed by atoms with van der Waals surface area (Å²) in [5.74, 6) is -0.991. The van der Waals surface area contributed by atoms with E-state index < -0.39 is 22.1 Å². The molecule has 1 aliphatic heterocycles. The summed E-state index contributed by atoms with van der Waals surface area (Å²) in [6.07, 6.45) is 2.33. The molecule has 156 valence electrons. The topological polar surface area (TPSA) is 96.5 Å². The van der Waals surface area contributed by atoms with Crippen LogP contribution in [0.3, 0.4) is 0 Å². The summed E-state index contributed by atoms with van der Waals surface area (Å²) in [4.78, 5) is 28.4. The van der Waals surface area contributed by atoms with Crippen LogP contribution < -0.4 is 0 Å². The first kappa shape index (κ1) is 20.3. The Bertz CT molecular complexity index is 1190. The van der Waals surface area contributed by atoms with Crippen molar-refractivity contribution in [3.8, 4) is 0 Å². The Morgan fingerprint density at radius 2 is 1.70 bits per heavy atom. The number of fused-ring (bicyclic) bond motifs is 1. The fraction of sp³-hybridized carbons (Fsp3) is 0.273. The quantitative estimate of drug-likeness (QED) is 0.481. The molecule has 1 fully saturated rings. The molecule has 0 saturated carbocycles. The third kappa shape index (κ3) is 3.76. The van der Waals surface area contributed by atoms with Crippen molar-refractivity contribution in [2.24, 2.45) is 0 Å². The van der Waals surface area contributed by atoms with Gasteiger partial charge in [-0.25, -0.2) is 13.2 Å². The maximum Gasteiger partial charge on any atom is 0.338 e. The van der Waals surface area contributed by atoms with Crippen molar-refractivity contribution < 1.29 is 22.7 Å². The average molecular weight is 426 g/mol. The lowest BCUT2D eigenvalue weighted by molar-refractivity contribution is 0.0319. The van der Waals surface area contributed by atoms with Crippen LogP contribution in [0.5, 0.6) is 0 Å². The van der Waals surface area contributed by atoms with E-state index in [9.17, 15) is 18.0 Å². The van der Waals surface area contributed by atoms with E-state index in [-0.39, 0.29) is 16.2 Å². The van der Waals surface area contributed by atoms with Crippen LogP contribution in [-0.4, -0.2) is 48.7 Å². The van der Waals surface area contributed by atoms with E-state index in [1.165, 1.54) is 35.5 Å². The van der Waals surface area contributed by atoms with E-state index >= 15 is 0 Å². The van der Waals surface area contributed by atoms with Gasteiger partial charge in [0.05, 0.1) is 10.5 Å². The second-order valence-corrected chi connectivity index (χ2v) is 9.23. The van der Waals surface area contributed by atoms with Gasteiger partial charge in [-0.15, -0.1) is 0 Å². The number of esters is 1. The number of nitrogens with one attached hydrogen (secondary N) is 1. The molecule has 8 heteroatoms. The number of carbonyl (C=O) groups is 2. The van der Waals surface area contributed by atoms with Gasteiger partial charge in [0.1, 0.15) is 0 Å². The van der Waals surface area contributed by atoms with E-state index in [1.807, 2.05) is 24.3 Å². The standard InChI is InChI=1S/C22H22N2O5S/c1-15(21(25)19-14-23-20-7-3-2-6-18(19)20)29-22(26)16-8-10-17(11-9-16)30(27,28)24-12-4-5-13-24/h2-3,6-11,14-15,23H,4-5,12-13H2,1H3. The molecule has 30 heavy (non-hydrogen) atoms. The van der Waals surface area contributed by atoms with Gasteiger partial charge >= 0.3 is 5.97 Å². The van der Waals surface area contributed by atoms with Gasteiger partial charge in [0.25, 0.3) is 0 Å². The fourth-order valence-corrected chi connectivity index (χ4v) is 5.13. The number of ether oxygens (including phenoxy) is 1. The molecule has 1 aromatic heterocycles. The molecule has 0 aliphatic carbocycles. The number of benzene rings is 2. The summed E-state index contributed by atoms with van der Waals surface area (Å²) < 4.78 is 31.9. The molecule has 1 saturated heterocycles. The van der Waals surface area contributed by atoms with Gasteiger partial charge in [-0.2, -0.15) is 4.31 Å². The number of para-hydroxylation sites is 1. The minimum absolute atomic E-state index is 0.142. The molecule has 0 radical (unpaired) electrons. The van der Waals surface area contributed by atoms with Gasteiger partial charge in [0, 0.05) is 35.8 Å². The SMILES string of the molecule is CC(OC(=O)c1ccc(S(=O)(=O)N2CCCC2)cc1)C(=O)c1c[nH]c2ccccc12. The number of nitrogens with zero attached hydrogens (tertiary/aromatic N) is 1. The second kappa shape index (κ2) is 8.04. The van der Waals surface area contributed by atoms with Gasteiger partial charge in [0.15, 0.2) is 6.10 Å². The molecule has 1 unspecified atom stereocenters. The van der Waals surface area contributed by atoms with Gasteiger partial charge in [-0.3, -0.25) is 4.79 Å². The number of aromatic nitrogens is 1. The first-order valence-electron chi connectivity index (χ1n) is 9.79. The Kier molecular flexibility index (Phi) is 5.44. The molecule has 0 spiro atoms. The largest absolute Gasteiger partial charge is 0.451 e. The molecule has 1 aliphatic rings. The molecule has 0 amide bonds. The predicted molar refractivity (Wildman–Crippen MR) is 112 cm³/mol. The molecule has 0 bridgehead atoms. The Morgan fingerprint density at radius 3 is 2.40 bits per heavy atom. The van der Waals surface area contributed by atoms with Gasteiger partial charge in [-0.05, 0) is 50.1 Å². The second-order valence-electron chi connectivity index (χ2n) is 7.30. The highest BCUT2D eigenvalue weighted by atomic mass is 32.2. The summed E-state index contributed by atoms with van der Waals surface area (Å²) >= 11 is 0. The van der Waals surface area contributed by atoms with Crippen molar-refractivity contribution in [2.45, 2.75) is 30.8 Å². The Labute approximate surface area is 174 Å². The van der Waals surface area contributed by atoms with Crippen LogP contribution in [0.25, 0.3) is 10.9 Å². The van der Waals surface area contributed by atoms with Crippen LogP contribution in [0.4, 0.5) is 0 Å². The van der Waals surface area contributed by atoms with Crippen LogP contribution in [0, 0.1) is 0 Å². The Balaban J connectivity index is 1.46. The van der Waals surface area contributed by atoms with Crippen LogP contribution >= 0.6 is 0 Å². The van der Waals surface area contributed by atoms with Crippen molar-refractivity contribution in [1.82, 2.24) is 9.29 Å². The molecule has 2 heterocycles. The Hall–Kier alpha value is -2.97. The first-order valence-corrected chi connectivity index (χ1v) is 11.2. The van der Waals surface area contributed by atoms with Gasteiger partial charge in [0.2, 0.25) is 15.8 Å². The number of aromatic amines is 1. The van der Waals surface area contributed by atoms with Crippen molar-refractivity contribution in [2.75, 3.05) is 13.1 Å². The van der Waals surface area contributed by atoms with Gasteiger partial charge < -0.3 is 9.72 Å². The Morgan fingerprint density at radius 1 is 1.03 bits per heavy atom. The number of Topliss-reactive ketones (excluding diaryl/α,β-unsaturated/α-hetero) is 1. The lowest BCUT2D eigenvalue weighted by Crippen LogP contribution is -2.28. The highest BCUT2D eigenvalue weighted by Gasteiger charge is 2.28. The summed E-state index contributed by atoms with van der Waals surface area (Å²) in [6, 6.07) is 13.0. The van der Waals surface area contributed by atoms with E-state index in [2.05, 4.69) is 4.98 Å². The minimum atomic E-state index is -3.54. The van der Waals surface area contributed by atoms with Gasteiger partial charge in [-0.1, -0.05) is 18.2 Å². The predicted octanol–water partition coefficient (Wildman–Crippen LogP) is 3.38. The van der Waals surface area contributed by atoms with Crippen LogP contribution in [-0.2, 0) is 14.8 Å².